The van der Waals surface area contributed by atoms with Crippen LogP contribution >= 0.6 is 7.37 Å². The molecule has 0 spiro atoms. The minimum absolute atomic E-state index is 0.629. The minimum atomic E-state index is -3.69. The molecule has 0 saturated carbocycles. The molecule has 0 aliphatic heterocycles. The first-order chi connectivity index (χ1) is 5.83. The van der Waals surface area contributed by atoms with Gasteiger partial charge in [-0.05, 0) is 0 Å². The van der Waals surface area contributed by atoms with E-state index in [1.807, 2.05) is 0 Å². The van der Waals surface area contributed by atoms with Gasteiger partial charge in [-0.2, -0.15) is 0 Å². The van der Waals surface area contributed by atoms with Crippen LogP contribution in [0.15, 0.2) is 0 Å². The average Bonchev–Trinajstić information content (AvgIpc) is 1.98. The topological polar surface area (TPSA) is 89.9 Å². The van der Waals surface area contributed by atoms with Crippen molar-refractivity contribution in [3.05, 3.63) is 0 Å². The Balaban J connectivity index is 3.87. The van der Waals surface area contributed by atoms with Gasteiger partial charge in [-0.3, -0.25) is 14.2 Å². The van der Waals surface area contributed by atoms with Gasteiger partial charge in [0.1, 0.15) is 0 Å². The molecule has 0 heterocycles. The van der Waals surface area contributed by atoms with Gasteiger partial charge in [-0.15, -0.1) is 0 Å². The van der Waals surface area contributed by atoms with Gasteiger partial charge in [0.2, 0.25) is 0 Å². The highest BCUT2D eigenvalue weighted by Crippen LogP contribution is 2.40. The standard InChI is InChI=1S/C6H11O6P/c1-5(7)11-3-13(9,10)4-12-6(2)8/h3-4H2,1-2H3,(H,9,10). The van der Waals surface area contributed by atoms with Gasteiger partial charge in [0.15, 0.2) is 12.7 Å². The molecule has 76 valence electrons. The van der Waals surface area contributed by atoms with E-state index in [9.17, 15) is 14.2 Å². The third kappa shape index (κ3) is 7.49. The van der Waals surface area contributed by atoms with Crippen LogP contribution in [0, 0.1) is 0 Å². The Morgan fingerprint density at radius 2 is 1.46 bits per heavy atom. The molecular formula is C6H11O6P. The Bertz CT molecular complexity index is 226. The van der Waals surface area contributed by atoms with E-state index in [1.165, 1.54) is 0 Å². The highest BCUT2D eigenvalue weighted by atomic mass is 31.2. The number of hydrogen-bond donors (Lipinski definition) is 1. The maximum absolute atomic E-state index is 11.0. The third-order valence-electron chi connectivity index (χ3n) is 0.939. The molecule has 0 aromatic heterocycles. The molecule has 0 fully saturated rings. The lowest BCUT2D eigenvalue weighted by Gasteiger charge is -2.10. The monoisotopic (exact) mass is 210 g/mol. The van der Waals surface area contributed by atoms with Crippen molar-refractivity contribution >= 4 is 19.3 Å². The van der Waals surface area contributed by atoms with Crippen molar-refractivity contribution in [1.82, 2.24) is 0 Å². The Labute approximate surface area is 75.3 Å². The molecule has 0 unspecified atom stereocenters. The fourth-order valence-corrected chi connectivity index (χ4v) is 1.26. The second-order valence-corrected chi connectivity index (χ2v) is 4.59. The molecule has 0 rings (SSSR count). The predicted octanol–water partition coefficient (Wildman–Crippen LogP) is 0.298. The van der Waals surface area contributed by atoms with E-state index in [1.54, 1.807) is 0 Å². The second-order valence-electron chi connectivity index (χ2n) is 2.38. The van der Waals surface area contributed by atoms with Crippen molar-refractivity contribution in [2.45, 2.75) is 13.8 Å². The van der Waals surface area contributed by atoms with Crippen LogP contribution < -0.4 is 0 Å². The van der Waals surface area contributed by atoms with Gasteiger partial charge in [-0.25, -0.2) is 0 Å². The Morgan fingerprint density at radius 3 is 1.69 bits per heavy atom. The normalized spacial score (nSPS) is 10.7. The quantitative estimate of drug-likeness (QED) is 0.530. The summed E-state index contributed by atoms with van der Waals surface area (Å²) in [5.74, 6) is -1.31. The van der Waals surface area contributed by atoms with Crippen LogP contribution in [0.25, 0.3) is 0 Å². The lowest BCUT2D eigenvalue weighted by atomic mass is 10.8. The van der Waals surface area contributed by atoms with Crippen LogP contribution in [0.1, 0.15) is 13.8 Å². The van der Waals surface area contributed by atoms with Gasteiger partial charge in [0.25, 0.3) is 7.37 Å². The average molecular weight is 210 g/mol. The van der Waals surface area contributed by atoms with E-state index in [2.05, 4.69) is 9.47 Å². The summed E-state index contributed by atoms with van der Waals surface area (Å²) in [4.78, 5) is 29.5. The number of esters is 2. The maximum Gasteiger partial charge on any atom is 0.303 e. The summed E-state index contributed by atoms with van der Waals surface area (Å²) in [6.45, 7) is 2.23. The fourth-order valence-electron chi connectivity index (χ4n) is 0.421. The molecule has 7 heteroatoms. The van der Waals surface area contributed by atoms with E-state index in [0.29, 0.717) is 0 Å². The number of rotatable bonds is 4. The van der Waals surface area contributed by atoms with Crippen LogP contribution in [0.3, 0.4) is 0 Å². The molecule has 0 aliphatic carbocycles. The molecule has 6 nitrogen and oxygen atoms in total. The molecular weight excluding hydrogens is 199 g/mol. The summed E-state index contributed by atoms with van der Waals surface area (Å²) < 4.78 is 19.6. The van der Waals surface area contributed by atoms with Crippen LogP contribution in [0.4, 0.5) is 0 Å². The van der Waals surface area contributed by atoms with Crippen LogP contribution in [-0.4, -0.2) is 29.5 Å². The molecule has 0 saturated heterocycles. The summed E-state index contributed by atoms with van der Waals surface area (Å²) >= 11 is 0. The Morgan fingerprint density at radius 1 is 1.15 bits per heavy atom. The molecule has 0 atom stereocenters. The van der Waals surface area contributed by atoms with E-state index < -0.39 is 32.0 Å². The highest BCUT2D eigenvalue weighted by Gasteiger charge is 2.21. The van der Waals surface area contributed by atoms with E-state index in [-0.39, 0.29) is 0 Å². The van der Waals surface area contributed by atoms with Crippen molar-refractivity contribution in [3.8, 4) is 0 Å². The minimum Gasteiger partial charge on any atom is -0.455 e. The van der Waals surface area contributed by atoms with Crippen molar-refractivity contribution in [3.63, 3.8) is 0 Å². The predicted molar refractivity (Wildman–Crippen MR) is 43.1 cm³/mol. The first kappa shape index (κ1) is 12.1. The SMILES string of the molecule is CC(=O)OCP(=O)(O)COC(C)=O. The fraction of sp³-hybridized carbons (Fsp3) is 0.667. The van der Waals surface area contributed by atoms with Gasteiger partial charge in [0, 0.05) is 13.8 Å². The van der Waals surface area contributed by atoms with Gasteiger partial charge >= 0.3 is 11.9 Å². The molecule has 0 aromatic rings. The molecule has 0 aliphatic rings. The zero-order valence-electron chi connectivity index (χ0n) is 7.35. The number of carbonyl (C=O) groups excluding carboxylic acids is 2. The number of carbonyl (C=O) groups is 2. The molecule has 0 aromatic carbocycles. The molecule has 0 amide bonds. The van der Waals surface area contributed by atoms with Crippen LogP contribution in [0.2, 0.25) is 0 Å². The molecule has 0 bridgehead atoms. The van der Waals surface area contributed by atoms with Gasteiger partial charge in [0.05, 0.1) is 0 Å². The van der Waals surface area contributed by atoms with E-state index in [4.69, 9.17) is 4.89 Å². The first-order valence-corrected chi connectivity index (χ1v) is 5.44. The molecule has 1 N–H and O–H groups in total. The third-order valence-corrected chi connectivity index (χ3v) is 2.00. The van der Waals surface area contributed by atoms with Crippen molar-refractivity contribution in [1.29, 1.82) is 0 Å². The summed E-state index contributed by atoms with van der Waals surface area (Å²) in [5.41, 5.74) is 0. The van der Waals surface area contributed by atoms with Gasteiger partial charge in [-0.1, -0.05) is 0 Å². The Kier molecular flexibility index (Phi) is 4.66. The first-order valence-electron chi connectivity index (χ1n) is 3.41. The molecule has 13 heavy (non-hydrogen) atoms. The smallest absolute Gasteiger partial charge is 0.303 e. The zero-order valence-corrected chi connectivity index (χ0v) is 8.24. The van der Waals surface area contributed by atoms with Gasteiger partial charge < -0.3 is 14.4 Å². The second kappa shape index (κ2) is 4.99. The number of hydrogen-bond acceptors (Lipinski definition) is 5. The highest BCUT2D eigenvalue weighted by molar-refractivity contribution is 7.57. The van der Waals surface area contributed by atoms with Crippen molar-refractivity contribution < 1.29 is 28.5 Å². The van der Waals surface area contributed by atoms with E-state index in [0.717, 1.165) is 13.8 Å². The summed E-state index contributed by atoms with van der Waals surface area (Å²) in [7, 11) is -3.69. The van der Waals surface area contributed by atoms with E-state index >= 15 is 0 Å². The summed E-state index contributed by atoms with van der Waals surface area (Å²) in [6.07, 6.45) is -1.26. The Hall–Kier alpha value is -0.870. The zero-order chi connectivity index (χ0) is 10.5. The summed E-state index contributed by atoms with van der Waals surface area (Å²) in [5, 5.41) is 0. The van der Waals surface area contributed by atoms with Crippen molar-refractivity contribution in [2.24, 2.45) is 0 Å². The van der Waals surface area contributed by atoms with Crippen LogP contribution in [0.5, 0.6) is 0 Å². The number of ether oxygens (including phenoxy) is 2. The van der Waals surface area contributed by atoms with Crippen LogP contribution in [-0.2, 0) is 23.6 Å². The lowest BCUT2D eigenvalue weighted by Crippen LogP contribution is -2.07. The summed E-state index contributed by atoms with van der Waals surface area (Å²) in [6, 6.07) is 0. The largest absolute Gasteiger partial charge is 0.455 e. The molecule has 0 radical (unpaired) electrons. The lowest BCUT2D eigenvalue weighted by molar-refractivity contribution is -0.139. The maximum atomic E-state index is 11.0. The van der Waals surface area contributed by atoms with Crippen molar-refractivity contribution in [2.75, 3.05) is 12.7 Å².